The second-order valence-electron chi connectivity index (χ2n) is 8.93. The third-order valence-electron chi connectivity index (χ3n) is 6.17. The van der Waals surface area contributed by atoms with Gasteiger partial charge < -0.3 is 15.0 Å². The van der Waals surface area contributed by atoms with Crippen molar-refractivity contribution in [1.82, 2.24) is 10.2 Å². The van der Waals surface area contributed by atoms with Gasteiger partial charge in [-0.25, -0.2) is 0 Å². The lowest BCUT2D eigenvalue weighted by Gasteiger charge is -2.41. The van der Waals surface area contributed by atoms with Gasteiger partial charge in [0.05, 0.1) is 25.6 Å². The number of methoxy groups -OCH3 is 1. The molecule has 1 aliphatic heterocycles. The first-order valence-electron chi connectivity index (χ1n) is 11.7. The first-order valence-corrected chi connectivity index (χ1v) is 11.7. The molecule has 2 aromatic carbocycles. The number of ether oxygens (including phenoxy) is 1. The van der Waals surface area contributed by atoms with E-state index in [1.807, 2.05) is 49.4 Å². The molecule has 0 radical (unpaired) electrons. The molecule has 35 heavy (non-hydrogen) atoms. The van der Waals surface area contributed by atoms with Crippen LogP contribution in [0.3, 0.4) is 0 Å². The van der Waals surface area contributed by atoms with Crippen molar-refractivity contribution in [1.29, 1.82) is 0 Å². The standard InChI is InChI=1S/C26H32F3N3O3/c1-18-9-11-19(12-10-18)32-23(33)14-13-21(24(32)20-7-4-5-8-22(20)35-3)25(34)30-15-6-16-31(2)17-26(27,28)29/h4-5,7-12,21,24H,6,13-17H2,1-3H3,(H,30,34). The van der Waals surface area contributed by atoms with E-state index < -0.39 is 24.7 Å². The molecule has 6 nitrogen and oxygen atoms in total. The van der Waals surface area contributed by atoms with Crippen molar-refractivity contribution in [2.75, 3.05) is 38.7 Å². The molecule has 190 valence electrons. The molecular weight excluding hydrogens is 459 g/mol. The largest absolute Gasteiger partial charge is 0.496 e. The van der Waals surface area contributed by atoms with Crippen LogP contribution in [0.1, 0.15) is 36.4 Å². The molecule has 0 spiro atoms. The van der Waals surface area contributed by atoms with Crippen LogP contribution in [0.15, 0.2) is 48.5 Å². The summed E-state index contributed by atoms with van der Waals surface area (Å²) in [6.45, 7) is 1.41. The molecule has 0 saturated carbocycles. The van der Waals surface area contributed by atoms with Gasteiger partial charge in [-0.2, -0.15) is 13.2 Å². The van der Waals surface area contributed by atoms with Crippen LogP contribution in [0, 0.1) is 12.8 Å². The van der Waals surface area contributed by atoms with Crippen molar-refractivity contribution >= 4 is 17.5 Å². The Balaban J connectivity index is 1.81. The second-order valence-corrected chi connectivity index (χ2v) is 8.93. The monoisotopic (exact) mass is 491 g/mol. The number of hydrogen-bond acceptors (Lipinski definition) is 4. The van der Waals surface area contributed by atoms with Crippen molar-refractivity contribution in [3.8, 4) is 5.75 Å². The van der Waals surface area contributed by atoms with Gasteiger partial charge in [-0.1, -0.05) is 35.9 Å². The van der Waals surface area contributed by atoms with Gasteiger partial charge in [-0.05, 0) is 51.6 Å². The van der Waals surface area contributed by atoms with Gasteiger partial charge in [0.2, 0.25) is 11.8 Å². The predicted molar refractivity (Wildman–Crippen MR) is 128 cm³/mol. The molecule has 0 aromatic heterocycles. The number of nitrogens with zero attached hydrogens (tertiary/aromatic N) is 2. The number of alkyl halides is 3. The number of hydrogen-bond donors (Lipinski definition) is 1. The summed E-state index contributed by atoms with van der Waals surface area (Å²) in [5.41, 5.74) is 2.48. The van der Waals surface area contributed by atoms with Crippen LogP contribution in [0.4, 0.5) is 18.9 Å². The van der Waals surface area contributed by atoms with E-state index in [1.54, 1.807) is 18.1 Å². The van der Waals surface area contributed by atoms with Crippen molar-refractivity contribution in [3.05, 3.63) is 59.7 Å². The van der Waals surface area contributed by atoms with E-state index >= 15 is 0 Å². The molecule has 1 fully saturated rings. The van der Waals surface area contributed by atoms with Gasteiger partial charge in [0.15, 0.2) is 0 Å². The summed E-state index contributed by atoms with van der Waals surface area (Å²) >= 11 is 0. The average molecular weight is 492 g/mol. The Kier molecular flexibility index (Phi) is 8.77. The van der Waals surface area contributed by atoms with Gasteiger partial charge in [0.1, 0.15) is 5.75 Å². The van der Waals surface area contributed by atoms with Gasteiger partial charge >= 0.3 is 6.18 Å². The lowest BCUT2D eigenvalue weighted by atomic mass is 9.82. The Hall–Kier alpha value is -3.07. The van der Waals surface area contributed by atoms with Gasteiger partial charge in [-0.3, -0.25) is 14.5 Å². The number of carbonyl (C=O) groups excluding carboxylic acids is 2. The molecule has 1 heterocycles. The van der Waals surface area contributed by atoms with Crippen molar-refractivity contribution in [2.24, 2.45) is 5.92 Å². The molecule has 1 saturated heterocycles. The van der Waals surface area contributed by atoms with Crippen molar-refractivity contribution in [3.63, 3.8) is 0 Å². The van der Waals surface area contributed by atoms with Gasteiger partial charge in [0, 0.05) is 24.2 Å². The highest BCUT2D eigenvalue weighted by atomic mass is 19.4. The highest BCUT2D eigenvalue weighted by Crippen LogP contribution is 2.43. The summed E-state index contributed by atoms with van der Waals surface area (Å²) < 4.78 is 43.1. The molecule has 2 atom stereocenters. The topological polar surface area (TPSA) is 61.9 Å². The van der Waals surface area contributed by atoms with Crippen LogP contribution < -0.4 is 15.0 Å². The Morgan fingerprint density at radius 1 is 1.17 bits per heavy atom. The highest BCUT2D eigenvalue weighted by molar-refractivity contribution is 5.97. The number of anilines is 1. The summed E-state index contributed by atoms with van der Waals surface area (Å²) in [6.07, 6.45) is -3.30. The zero-order chi connectivity index (χ0) is 25.6. The minimum atomic E-state index is -4.26. The van der Waals surface area contributed by atoms with E-state index in [9.17, 15) is 22.8 Å². The maximum Gasteiger partial charge on any atom is 0.401 e. The number of carbonyl (C=O) groups is 2. The Morgan fingerprint density at radius 2 is 1.86 bits per heavy atom. The summed E-state index contributed by atoms with van der Waals surface area (Å²) in [7, 11) is 2.95. The number of halogens is 3. The second kappa shape index (κ2) is 11.6. The molecule has 1 N–H and O–H groups in total. The van der Waals surface area contributed by atoms with Crippen LogP contribution in [-0.4, -0.2) is 56.7 Å². The molecule has 0 bridgehead atoms. The summed E-state index contributed by atoms with van der Waals surface area (Å²) in [5, 5.41) is 2.88. The Morgan fingerprint density at radius 3 is 2.51 bits per heavy atom. The van der Waals surface area contributed by atoms with E-state index in [0.717, 1.165) is 11.1 Å². The molecule has 3 rings (SSSR count). The SMILES string of the molecule is COc1ccccc1C1C(C(=O)NCCCN(C)CC(F)(F)F)CCC(=O)N1c1ccc(C)cc1. The zero-order valence-corrected chi connectivity index (χ0v) is 20.3. The molecular formula is C26H32F3N3O3. The summed E-state index contributed by atoms with van der Waals surface area (Å²) in [6, 6.07) is 14.3. The number of amides is 2. The van der Waals surface area contributed by atoms with E-state index in [1.165, 1.54) is 11.9 Å². The number of piperidine rings is 1. The van der Waals surface area contributed by atoms with Crippen LogP contribution >= 0.6 is 0 Å². The molecule has 2 aromatic rings. The fraction of sp³-hybridized carbons (Fsp3) is 0.462. The van der Waals surface area contributed by atoms with Crippen molar-refractivity contribution in [2.45, 2.75) is 38.4 Å². The van der Waals surface area contributed by atoms with Gasteiger partial charge in [-0.15, -0.1) is 0 Å². The maximum atomic E-state index is 13.3. The first kappa shape index (κ1) is 26.5. The predicted octanol–water partition coefficient (Wildman–Crippen LogP) is 4.49. The lowest BCUT2D eigenvalue weighted by Crippen LogP contribution is -2.48. The third kappa shape index (κ3) is 6.97. The minimum Gasteiger partial charge on any atom is -0.496 e. The van der Waals surface area contributed by atoms with Crippen LogP contribution in [0.25, 0.3) is 0 Å². The van der Waals surface area contributed by atoms with Crippen molar-refractivity contribution < 1.29 is 27.5 Å². The van der Waals surface area contributed by atoms with E-state index in [2.05, 4.69) is 5.32 Å². The Bertz CT molecular complexity index is 1010. The Labute approximate surface area is 204 Å². The van der Waals surface area contributed by atoms with Crippen LogP contribution in [0.5, 0.6) is 5.75 Å². The smallest absolute Gasteiger partial charge is 0.401 e. The molecule has 0 aliphatic carbocycles. The fourth-order valence-corrected chi connectivity index (χ4v) is 4.52. The molecule has 9 heteroatoms. The summed E-state index contributed by atoms with van der Waals surface area (Å²) in [5.74, 6) is -0.277. The number of benzene rings is 2. The summed E-state index contributed by atoms with van der Waals surface area (Å²) in [4.78, 5) is 29.3. The number of para-hydroxylation sites is 1. The van der Waals surface area contributed by atoms with E-state index in [0.29, 0.717) is 24.3 Å². The molecule has 2 amide bonds. The number of nitrogens with one attached hydrogen (secondary N) is 1. The number of rotatable bonds is 9. The molecule has 1 aliphatic rings. The quantitative estimate of drug-likeness (QED) is 0.525. The van der Waals surface area contributed by atoms with Crippen LogP contribution in [0.2, 0.25) is 0 Å². The van der Waals surface area contributed by atoms with Crippen LogP contribution in [-0.2, 0) is 9.59 Å². The van der Waals surface area contributed by atoms with E-state index in [-0.39, 0.29) is 31.3 Å². The highest BCUT2D eigenvalue weighted by Gasteiger charge is 2.42. The van der Waals surface area contributed by atoms with Gasteiger partial charge in [0.25, 0.3) is 0 Å². The molecule has 2 unspecified atom stereocenters. The normalized spacial score (nSPS) is 18.6. The number of aryl methyl sites for hydroxylation is 1. The zero-order valence-electron chi connectivity index (χ0n) is 20.3. The fourth-order valence-electron chi connectivity index (χ4n) is 4.52. The maximum absolute atomic E-state index is 13.3. The first-order chi connectivity index (χ1) is 16.6. The average Bonchev–Trinajstić information content (AvgIpc) is 2.81. The minimum absolute atomic E-state index is 0.0809. The van der Waals surface area contributed by atoms with E-state index in [4.69, 9.17) is 4.74 Å². The lowest BCUT2D eigenvalue weighted by molar-refractivity contribution is -0.143. The third-order valence-corrected chi connectivity index (χ3v) is 6.17.